The van der Waals surface area contributed by atoms with Crippen molar-refractivity contribution in [2.75, 3.05) is 27.3 Å². The highest BCUT2D eigenvalue weighted by Gasteiger charge is 2.38. The highest BCUT2D eigenvalue weighted by atomic mass is 32.2. The van der Waals surface area contributed by atoms with Crippen LogP contribution in [-0.4, -0.2) is 70.0 Å². The molecule has 2 amide bonds. The topological polar surface area (TPSA) is 143 Å². The van der Waals surface area contributed by atoms with Gasteiger partial charge in [0.15, 0.2) is 0 Å². The zero-order valence-electron chi connectivity index (χ0n) is 18.1. The predicted octanol–water partition coefficient (Wildman–Crippen LogP) is 1.89. The third kappa shape index (κ3) is 6.05. The quantitative estimate of drug-likeness (QED) is 0.521. The van der Waals surface area contributed by atoms with Crippen molar-refractivity contribution in [2.45, 2.75) is 23.4 Å². The normalized spacial score (nSPS) is 17.9. The number of hydrogen-bond donors (Lipinski definition) is 3. The maximum absolute atomic E-state index is 13.0. The van der Waals surface area contributed by atoms with Crippen LogP contribution in [0.3, 0.4) is 0 Å². The van der Waals surface area contributed by atoms with Crippen molar-refractivity contribution in [1.29, 1.82) is 0 Å². The summed E-state index contributed by atoms with van der Waals surface area (Å²) >= 11 is 0. The number of sulfonamides is 1. The van der Waals surface area contributed by atoms with Gasteiger partial charge >= 0.3 is 12.2 Å². The van der Waals surface area contributed by atoms with Gasteiger partial charge in [-0.15, -0.1) is 0 Å². The van der Waals surface area contributed by atoms with Gasteiger partial charge in [-0.1, -0.05) is 18.2 Å². The van der Waals surface area contributed by atoms with Crippen LogP contribution in [0.15, 0.2) is 53.4 Å². The summed E-state index contributed by atoms with van der Waals surface area (Å²) in [5.41, 5.74) is 0. The minimum Gasteiger partial charge on any atom is -0.497 e. The van der Waals surface area contributed by atoms with Gasteiger partial charge in [0.2, 0.25) is 10.0 Å². The summed E-state index contributed by atoms with van der Waals surface area (Å²) in [6.07, 6.45) is -1.81. The van der Waals surface area contributed by atoms with Crippen LogP contribution < -0.4 is 24.2 Å². The number of likely N-dealkylation sites (tertiary alicyclic amines) is 1. The molecule has 0 bridgehead atoms. The number of carbonyl (C=O) groups excluding carboxylic acids is 1. The molecule has 11 nitrogen and oxygen atoms in total. The zero-order chi connectivity index (χ0) is 24.0. The first-order valence-electron chi connectivity index (χ1n) is 9.98. The summed E-state index contributed by atoms with van der Waals surface area (Å²) in [7, 11) is -1.29. The fraction of sp³-hybridized carbons (Fsp3) is 0.333. The number of carboxylic acid groups (broad SMARTS) is 1. The molecule has 0 aliphatic carbocycles. The van der Waals surface area contributed by atoms with Crippen molar-refractivity contribution >= 4 is 22.2 Å². The Hall–Kier alpha value is -3.51. The van der Waals surface area contributed by atoms with E-state index in [9.17, 15) is 23.1 Å². The number of para-hydroxylation sites is 1. The van der Waals surface area contributed by atoms with Crippen LogP contribution in [0.4, 0.5) is 9.59 Å². The van der Waals surface area contributed by atoms with E-state index < -0.39 is 34.3 Å². The van der Waals surface area contributed by atoms with E-state index in [2.05, 4.69) is 10.0 Å². The molecular formula is C21H25N3O8S. The van der Waals surface area contributed by atoms with Crippen LogP contribution in [0.5, 0.6) is 17.2 Å². The van der Waals surface area contributed by atoms with Gasteiger partial charge in [0, 0.05) is 25.2 Å². The average Bonchev–Trinajstić information content (AvgIpc) is 3.20. The number of nitrogens with one attached hydrogen (secondary N) is 2. The molecule has 1 aliphatic heterocycles. The molecule has 0 unspecified atom stereocenters. The molecular weight excluding hydrogens is 454 g/mol. The van der Waals surface area contributed by atoms with Crippen molar-refractivity contribution < 1.29 is 37.3 Å². The lowest BCUT2D eigenvalue weighted by atomic mass is 10.2. The number of carbonyl (C=O) groups is 2. The Labute approximate surface area is 191 Å². The molecule has 0 radical (unpaired) electrons. The summed E-state index contributed by atoms with van der Waals surface area (Å²) in [5, 5.41) is 12.1. The smallest absolute Gasteiger partial charge is 0.412 e. The SMILES string of the molecule is COc1ccc(OC)c(S(=O)(=O)N[C@@H]2C[C@H](CNC(=O)Oc3ccccc3)N(C(=O)O)C2)c1. The molecule has 2 atom stereocenters. The molecule has 0 saturated carbocycles. The number of rotatable bonds is 8. The van der Waals surface area contributed by atoms with E-state index >= 15 is 0 Å². The molecule has 1 aliphatic rings. The van der Waals surface area contributed by atoms with Gasteiger partial charge in [0.25, 0.3) is 0 Å². The van der Waals surface area contributed by atoms with E-state index in [-0.39, 0.29) is 30.2 Å². The molecule has 178 valence electrons. The number of nitrogens with zero attached hydrogens (tertiary/aromatic N) is 1. The predicted molar refractivity (Wildman–Crippen MR) is 117 cm³/mol. The van der Waals surface area contributed by atoms with Crippen LogP contribution in [0, 0.1) is 0 Å². The van der Waals surface area contributed by atoms with E-state index in [0.29, 0.717) is 11.5 Å². The number of hydrogen-bond acceptors (Lipinski definition) is 7. The number of methoxy groups -OCH3 is 2. The standard InChI is InChI=1S/C21H25N3O8S/c1-30-17-8-9-18(31-2)19(11-17)33(28,29)23-14-10-15(24(13-14)21(26)27)12-22-20(25)32-16-6-4-3-5-7-16/h3-9,11,14-15,23H,10,12-13H2,1-2H3,(H,22,25)(H,26,27)/t14-,15-/m1/s1. The zero-order valence-corrected chi connectivity index (χ0v) is 18.9. The van der Waals surface area contributed by atoms with E-state index in [0.717, 1.165) is 4.90 Å². The van der Waals surface area contributed by atoms with Crippen LogP contribution in [0.25, 0.3) is 0 Å². The van der Waals surface area contributed by atoms with Crippen LogP contribution in [-0.2, 0) is 10.0 Å². The summed E-state index contributed by atoms with van der Waals surface area (Å²) < 4.78 is 43.9. The fourth-order valence-corrected chi connectivity index (χ4v) is 4.96. The third-order valence-electron chi connectivity index (χ3n) is 5.08. The van der Waals surface area contributed by atoms with E-state index in [1.54, 1.807) is 36.4 Å². The Balaban J connectivity index is 1.66. The maximum atomic E-state index is 13.0. The molecule has 2 aromatic carbocycles. The van der Waals surface area contributed by atoms with Crippen molar-refractivity contribution in [2.24, 2.45) is 0 Å². The first-order chi connectivity index (χ1) is 15.7. The Morgan fingerprint density at radius 3 is 2.45 bits per heavy atom. The minimum atomic E-state index is -4.05. The molecule has 3 rings (SSSR count). The third-order valence-corrected chi connectivity index (χ3v) is 6.62. The number of benzene rings is 2. The summed E-state index contributed by atoms with van der Waals surface area (Å²) in [6, 6.07) is 11.4. The fourth-order valence-electron chi connectivity index (χ4n) is 3.54. The molecule has 0 aromatic heterocycles. The lowest BCUT2D eigenvalue weighted by Gasteiger charge is -2.21. The molecule has 2 aromatic rings. The van der Waals surface area contributed by atoms with Crippen molar-refractivity contribution in [3.8, 4) is 17.2 Å². The van der Waals surface area contributed by atoms with Gasteiger partial charge in [-0.3, -0.25) is 0 Å². The van der Waals surface area contributed by atoms with Gasteiger partial charge in [-0.05, 0) is 30.7 Å². The van der Waals surface area contributed by atoms with Crippen LogP contribution in [0.1, 0.15) is 6.42 Å². The van der Waals surface area contributed by atoms with E-state index in [1.807, 2.05) is 0 Å². The summed E-state index contributed by atoms with van der Waals surface area (Å²) in [5.74, 6) is 0.793. The van der Waals surface area contributed by atoms with Gasteiger partial charge in [0.1, 0.15) is 22.1 Å². The lowest BCUT2D eigenvalue weighted by Crippen LogP contribution is -2.43. The van der Waals surface area contributed by atoms with Crippen molar-refractivity contribution in [1.82, 2.24) is 14.9 Å². The monoisotopic (exact) mass is 479 g/mol. The molecule has 1 saturated heterocycles. The molecule has 1 heterocycles. The second kappa shape index (κ2) is 10.4. The molecule has 0 spiro atoms. The van der Waals surface area contributed by atoms with Gasteiger partial charge in [-0.25, -0.2) is 22.7 Å². The number of amides is 2. The van der Waals surface area contributed by atoms with Gasteiger partial charge in [0.05, 0.1) is 20.3 Å². The minimum absolute atomic E-state index is 0.0430. The second-order valence-electron chi connectivity index (χ2n) is 7.24. The largest absolute Gasteiger partial charge is 0.497 e. The van der Waals surface area contributed by atoms with Crippen molar-refractivity contribution in [3.05, 3.63) is 48.5 Å². The van der Waals surface area contributed by atoms with E-state index in [4.69, 9.17) is 14.2 Å². The molecule has 3 N–H and O–H groups in total. The molecule has 1 fully saturated rings. The first-order valence-corrected chi connectivity index (χ1v) is 11.5. The van der Waals surface area contributed by atoms with E-state index in [1.165, 1.54) is 26.4 Å². The number of ether oxygens (including phenoxy) is 3. The second-order valence-corrected chi connectivity index (χ2v) is 8.93. The highest BCUT2D eigenvalue weighted by Crippen LogP contribution is 2.29. The molecule has 33 heavy (non-hydrogen) atoms. The Kier molecular flexibility index (Phi) is 7.61. The molecule has 12 heteroatoms. The van der Waals surface area contributed by atoms with Gasteiger partial charge in [-0.2, -0.15) is 0 Å². The van der Waals surface area contributed by atoms with Crippen molar-refractivity contribution in [3.63, 3.8) is 0 Å². The van der Waals surface area contributed by atoms with Gasteiger partial charge < -0.3 is 29.5 Å². The maximum Gasteiger partial charge on any atom is 0.412 e. The van der Waals surface area contributed by atoms with Crippen LogP contribution >= 0.6 is 0 Å². The lowest BCUT2D eigenvalue weighted by molar-refractivity contribution is 0.138. The highest BCUT2D eigenvalue weighted by molar-refractivity contribution is 7.89. The Bertz CT molecular complexity index is 1090. The Morgan fingerprint density at radius 1 is 1.09 bits per heavy atom. The summed E-state index contributed by atoms with van der Waals surface area (Å²) in [6.45, 7) is -0.125. The Morgan fingerprint density at radius 2 is 1.82 bits per heavy atom. The van der Waals surface area contributed by atoms with Crippen LogP contribution in [0.2, 0.25) is 0 Å². The average molecular weight is 480 g/mol. The first kappa shape index (κ1) is 24.1. The summed E-state index contributed by atoms with van der Waals surface area (Å²) in [4.78, 5) is 24.7.